The summed E-state index contributed by atoms with van der Waals surface area (Å²) in [6.07, 6.45) is 1.22. The number of benzene rings is 1. The lowest BCUT2D eigenvalue weighted by Crippen LogP contribution is -2.46. The average Bonchev–Trinajstić information content (AvgIpc) is 2.39. The summed E-state index contributed by atoms with van der Waals surface area (Å²) in [5, 5.41) is 10.9. The van der Waals surface area contributed by atoms with E-state index in [1.165, 1.54) is 0 Å². The molecule has 0 radical (unpaired) electrons. The van der Waals surface area contributed by atoms with E-state index in [4.69, 9.17) is 16.3 Å². The van der Waals surface area contributed by atoms with Gasteiger partial charge in [-0.05, 0) is 19.2 Å². The van der Waals surface area contributed by atoms with Crippen LogP contribution in [0.5, 0.6) is 0 Å². The number of nitrogens with zero attached hydrogens (tertiary/aromatic N) is 1. The second kappa shape index (κ2) is 6.68. The van der Waals surface area contributed by atoms with Crippen LogP contribution < -0.4 is 0 Å². The first-order chi connectivity index (χ1) is 9.50. The van der Waals surface area contributed by atoms with Crippen LogP contribution in [0.15, 0.2) is 24.3 Å². The van der Waals surface area contributed by atoms with Crippen LogP contribution in [0.4, 0.5) is 0 Å². The number of carbonyl (C=O) groups excluding carboxylic acids is 1. The highest BCUT2D eigenvalue weighted by Gasteiger charge is 2.31. The first-order valence-corrected chi connectivity index (χ1v) is 7.14. The molecule has 1 aliphatic heterocycles. The van der Waals surface area contributed by atoms with E-state index in [0.29, 0.717) is 43.2 Å². The van der Waals surface area contributed by atoms with E-state index in [0.717, 1.165) is 0 Å². The lowest BCUT2D eigenvalue weighted by atomic mass is 9.94. The van der Waals surface area contributed by atoms with Crippen molar-refractivity contribution in [3.05, 3.63) is 34.9 Å². The van der Waals surface area contributed by atoms with Gasteiger partial charge in [0.05, 0.1) is 17.2 Å². The van der Waals surface area contributed by atoms with E-state index in [1.54, 1.807) is 24.3 Å². The van der Waals surface area contributed by atoms with Gasteiger partial charge in [0.15, 0.2) is 5.78 Å². The predicted octanol–water partition coefficient (Wildman–Crippen LogP) is 2.00. The van der Waals surface area contributed by atoms with Gasteiger partial charge in [0.2, 0.25) is 0 Å². The molecule has 1 N–H and O–H groups in total. The minimum absolute atomic E-state index is 0.0336. The van der Waals surface area contributed by atoms with Gasteiger partial charge in [-0.2, -0.15) is 0 Å². The van der Waals surface area contributed by atoms with Crippen molar-refractivity contribution in [3.63, 3.8) is 0 Å². The number of Topliss-reactive ketones (excluding diaryl/α,β-unsaturated/α-hetero) is 1. The molecule has 2 rings (SSSR count). The Morgan fingerprint density at radius 3 is 2.70 bits per heavy atom. The first kappa shape index (κ1) is 15.4. The van der Waals surface area contributed by atoms with Crippen LogP contribution in [0, 0.1) is 0 Å². The third-order valence-electron chi connectivity index (χ3n) is 3.58. The van der Waals surface area contributed by atoms with Crippen LogP contribution in [0.2, 0.25) is 5.02 Å². The Bertz CT molecular complexity index is 472. The van der Waals surface area contributed by atoms with Crippen LogP contribution in [-0.4, -0.2) is 54.7 Å². The lowest BCUT2D eigenvalue weighted by molar-refractivity contribution is -0.0758. The molecule has 5 heteroatoms. The van der Waals surface area contributed by atoms with Gasteiger partial charge in [-0.25, -0.2) is 0 Å². The van der Waals surface area contributed by atoms with E-state index < -0.39 is 5.60 Å². The Morgan fingerprint density at radius 2 is 2.05 bits per heavy atom. The minimum Gasteiger partial charge on any atom is -0.388 e. The maximum Gasteiger partial charge on any atom is 0.178 e. The van der Waals surface area contributed by atoms with Gasteiger partial charge in [0, 0.05) is 38.2 Å². The molecule has 1 saturated heterocycles. The molecule has 0 atom stereocenters. The maximum absolute atomic E-state index is 12.2. The molecule has 0 saturated carbocycles. The smallest absolute Gasteiger partial charge is 0.178 e. The Balaban J connectivity index is 1.92. The second-order valence-corrected chi connectivity index (χ2v) is 5.82. The van der Waals surface area contributed by atoms with E-state index >= 15 is 0 Å². The quantitative estimate of drug-likeness (QED) is 0.845. The van der Waals surface area contributed by atoms with Gasteiger partial charge in [0.1, 0.15) is 0 Å². The standard InChI is InChI=1S/C15H20ClNO3/c1-17(11-15(19)6-8-20-9-7-15)10-14(18)12-4-2-3-5-13(12)16/h2-5,19H,6-11H2,1H3. The summed E-state index contributed by atoms with van der Waals surface area (Å²) in [5.41, 5.74) is -0.228. The van der Waals surface area contributed by atoms with Crippen molar-refractivity contribution in [2.24, 2.45) is 0 Å². The summed E-state index contributed by atoms with van der Waals surface area (Å²) >= 11 is 6.02. The van der Waals surface area contributed by atoms with Crippen LogP contribution in [-0.2, 0) is 4.74 Å². The summed E-state index contributed by atoms with van der Waals surface area (Å²) in [7, 11) is 1.84. The van der Waals surface area contributed by atoms with E-state index in [2.05, 4.69) is 0 Å². The number of carbonyl (C=O) groups is 1. The van der Waals surface area contributed by atoms with Crippen molar-refractivity contribution < 1.29 is 14.6 Å². The number of aliphatic hydroxyl groups is 1. The molecule has 0 bridgehead atoms. The minimum atomic E-state index is -0.756. The molecular formula is C15H20ClNO3. The van der Waals surface area contributed by atoms with Crippen LogP contribution in [0.25, 0.3) is 0 Å². The molecular weight excluding hydrogens is 278 g/mol. The maximum atomic E-state index is 12.2. The molecule has 1 aromatic rings. The molecule has 0 unspecified atom stereocenters. The number of halogens is 1. The van der Waals surface area contributed by atoms with Gasteiger partial charge in [-0.1, -0.05) is 23.7 Å². The third kappa shape index (κ3) is 4.03. The van der Waals surface area contributed by atoms with Crippen molar-refractivity contribution in [1.29, 1.82) is 0 Å². The molecule has 20 heavy (non-hydrogen) atoms. The second-order valence-electron chi connectivity index (χ2n) is 5.41. The largest absolute Gasteiger partial charge is 0.388 e. The fourth-order valence-electron chi connectivity index (χ4n) is 2.49. The zero-order chi connectivity index (χ0) is 14.6. The number of hydrogen-bond donors (Lipinski definition) is 1. The molecule has 1 aromatic carbocycles. The zero-order valence-electron chi connectivity index (χ0n) is 11.6. The molecule has 1 aliphatic rings. The van der Waals surface area contributed by atoms with Crippen LogP contribution in [0.1, 0.15) is 23.2 Å². The monoisotopic (exact) mass is 297 g/mol. The van der Waals surface area contributed by atoms with E-state index in [-0.39, 0.29) is 12.3 Å². The topological polar surface area (TPSA) is 49.8 Å². The third-order valence-corrected chi connectivity index (χ3v) is 3.91. The molecule has 1 heterocycles. The number of hydrogen-bond acceptors (Lipinski definition) is 4. The van der Waals surface area contributed by atoms with Gasteiger partial charge < -0.3 is 9.84 Å². The number of ether oxygens (including phenoxy) is 1. The summed E-state index contributed by atoms with van der Waals surface area (Å²) in [6, 6.07) is 7.03. The molecule has 4 nitrogen and oxygen atoms in total. The van der Waals surface area contributed by atoms with Crippen molar-refractivity contribution in [1.82, 2.24) is 4.90 Å². The molecule has 110 valence electrons. The van der Waals surface area contributed by atoms with Crippen molar-refractivity contribution in [3.8, 4) is 0 Å². The van der Waals surface area contributed by atoms with Crippen molar-refractivity contribution in [2.75, 3.05) is 33.4 Å². The molecule has 0 amide bonds. The van der Waals surface area contributed by atoms with Gasteiger partial charge >= 0.3 is 0 Å². The van der Waals surface area contributed by atoms with Gasteiger partial charge in [0.25, 0.3) is 0 Å². The normalized spacial score (nSPS) is 18.2. The van der Waals surface area contributed by atoms with Crippen molar-refractivity contribution in [2.45, 2.75) is 18.4 Å². The van der Waals surface area contributed by atoms with Gasteiger partial charge in [-0.3, -0.25) is 9.69 Å². The highest BCUT2D eigenvalue weighted by Crippen LogP contribution is 2.22. The molecule has 1 fully saturated rings. The summed E-state index contributed by atoms with van der Waals surface area (Å²) in [6.45, 7) is 1.85. The van der Waals surface area contributed by atoms with Crippen LogP contribution >= 0.6 is 11.6 Å². The molecule has 0 aromatic heterocycles. The summed E-state index contributed by atoms with van der Waals surface area (Å²) in [5.74, 6) is -0.0336. The lowest BCUT2D eigenvalue weighted by Gasteiger charge is -2.35. The summed E-state index contributed by atoms with van der Waals surface area (Å²) in [4.78, 5) is 14.0. The highest BCUT2D eigenvalue weighted by atomic mass is 35.5. The van der Waals surface area contributed by atoms with E-state index in [9.17, 15) is 9.90 Å². The summed E-state index contributed by atoms with van der Waals surface area (Å²) < 4.78 is 5.25. The van der Waals surface area contributed by atoms with Crippen LogP contribution in [0.3, 0.4) is 0 Å². The number of likely N-dealkylation sites (N-methyl/N-ethyl adjacent to an activating group) is 1. The average molecular weight is 298 g/mol. The highest BCUT2D eigenvalue weighted by molar-refractivity contribution is 6.34. The SMILES string of the molecule is CN(CC(=O)c1ccccc1Cl)CC1(O)CCOCC1. The Kier molecular flexibility index (Phi) is 5.16. The fraction of sp³-hybridized carbons (Fsp3) is 0.533. The Hall–Kier alpha value is -0.940. The zero-order valence-corrected chi connectivity index (χ0v) is 12.4. The predicted molar refractivity (Wildman–Crippen MR) is 78.3 cm³/mol. The number of ketones is 1. The molecule has 0 spiro atoms. The van der Waals surface area contributed by atoms with E-state index in [1.807, 2.05) is 11.9 Å². The first-order valence-electron chi connectivity index (χ1n) is 6.77. The number of rotatable bonds is 5. The Labute approximate surface area is 124 Å². The van der Waals surface area contributed by atoms with Crippen molar-refractivity contribution >= 4 is 17.4 Å². The molecule has 0 aliphatic carbocycles. The Morgan fingerprint density at radius 1 is 1.40 bits per heavy atom. The fourth-order valence-corrected chi connectivity index (χ4v) is 2.73. The van der Waals surface area contributed by atoms with Gasteiger partial charge in [-0.15, -0.1) is 0 Å².